The Morgan fingerprint density at radius 2 is 2.09 bits per heavy atom. The average molecular weight is 308 g/mol. The molecule has 0 spiro atoms. The number of amides is 1. The van der Waals surface area contributed by atoms with Crippen molar-refractivity contribution in [3.63, 3.8) is 0 Å². The number of aromatic amines is 1. The molecule has 2 rings (SSSR count). The fourth-order valence-electron chi connectivity index (χ4n) is 2.55. The van der Waals surface area contributed by atoms with E-state index in [1.54, 1.807) is 4.90 Å². The molecule has 1 aromatic rings. The molecule has 22 heavy (non-hydrogen) atoms. The van der Waals surface area contributed by atoms with Crippen LogP contribution in [0, 0.1) is 6.92 Å². The minimum absolute atomic E-state index is 0.0439. The van der Waals surface area contributed by atoms with E-state index in [2.05, 4.69) is 22.4 Å². The number of H-pyrrole nitrogens is 1. The van der Waals surface area contributed by atoms with Gasteiger partial charge >= 0.3 is 6.09 Å². The van der Waals surface area contributed by atoms with Crippen molar-refractivity contribution in [1.82, 2.24) is 20.4 Å². The summed E-state index contributed by atoms with van der Waals surface area (Å²) >= 11 is 0. The molecule has 0 radical (unpaired) electrons. The number of rotatable bonds is 3. The number of aryl methyl sites for hydroxylation is 1. The highest BCUT2D eigenvalue weighted by Gasteiger charge is 2.33. The van der Waals surface area contributed by atoms with Gasteiger partial charge in [0.05, 0.1) is 6.20 Å². The molecule has 0 atom stereocenters. The summed E-state index contributed by atoms with van der Waals surface area (Å²) in [6.07, 6.45) is 3.49. The standard InChI is InChI=1S/C16H28N4O2/c1-12-13(11-18-19-12)10-17-16(5)6-8-20(9-7-16)14(21)22-15(2,3)4/h11,17H,6-10H2,1-5H3,(H,18,19). The second kappa shape index (κ2) is 6.28. The number of piperidine rings is 1. The Bertz CT molecular complexity index is 510. The molecule has 1 aromatic heterocycles. The Morgan fingerprint density at radius 3 is 2.59 bits per heavy atom. The van der Waals surface area contributed by atoms with Crippen molar-refractivity contribution < 1.29 is 9.53 Å². The summed E-state index contributed by atoms with van der Waals surface area (Å²) < 4.78 is 5.43. The van der Waals surface area contributed by atoms with Gasteiger partial charge < -0.3 is 15.0 Å². The number of hydrogen-bond donors (Lipinski definition) is 2. The zero-order chi connectivity index (χ0) is 16.4. The lowest BCUT2D eigenvalue weighted by Gasteiger charge is -2.40. The van der Waals surface area contributed by atoms with E-state index in [1.165, 1.54) is 5.56 Å². The topological polar surface area (TPSA) is 70.2 Å². The minimum Gasteiger partial charge on any atom is -0.444 e. The molecule has 1 amide bonds. The highest BCUT2D eigenvalue weighted by atomic mass is 16.6. The molecule has 0 bridgehead atoms. The van der Waals surface area contributed by atoms with Crippen LogP contribution < -0.4 is 5.32 Å². The van der Waals surface area contributed by atoms with E-state index in [0.29, 0.717) is 0 Å². The molecule has 0 aliphatic carbocycles. The molecule has 2 N–H and O–H groups in total. The Hall–Kier alpha value is -1.56. The maximum absolute atomic E-state index is 12.1. The van der Waals surface area contributed by atoms with Gasteiger partial charge in [-0.3, -0.25) is 5.10 Å². The molecule has 1 aliphatic heterocycles. The minimum atomic E-state index is -0.436. The molecule has 6 heteroatoms. The van der Waals surface area contributed by atoms with E-state index in [0.717, 1.165) is 38.2 Å². The Labute approximate surface area is 132 Å². The van der Waals surface area contributed by atoms with Crippen molar-refractivity contribution in [3.05, 3.63) is 17.5 Å². The van der Waals surface area contributed by atoms with E-state index >= 15 is 0 Å². The van der Waals surface area contributed by atoms with Crippen LogP contribution in [0.25, 0.3) is 0 Å². The molecule has 1 fully saturated rings. The van der Waals surface area contributed by atoms with Gasteiger partial charge in [-0.25, -0.2) is 4.79 Å². The van der Waals surface area contributed by atoms with Crippen LogP contribution in [-0.4, -0.2) is 45.4 Å². The highest BCUT2D eigenvalue weighted by molar-refractivity contribution is 5.68. The van der Waals surface area contributed by atoms with E-state index in [9.17, 15) is 4.79 Å². The Morgan fingerprint density at radius 1 is 1.45 bits per heavy atom. The van der Waals surface area contributed by atoms with Crippen LogP contribution in [0.1, 0.15) is 51.8 Å². The summed E-state index contributed by atoms with van der Waals surface area (Å²) in [6, 6.07) is 0. The third kappa shape index (κ3) is 4.47. The van der Waals surface area contributed by atoms with Crippen molar-refractivity contribution in [2.45, 2.75) is 65.1 Å². The monoisotopic (exact) mass is 308 g/mol. The first-order chi connectivity index (χ1) is 10.2. The fraction of sp³-hybridized carbons (Fsp3) is 0.750. The molecule has 0 aromatic carbocycles. The largest absolute Gasteiger partial charge is 0.444 e. The Kier molecular flexibility index (Phi) is 4.80. The first kappa shape index (κ1) is 16.8. The maximum Gasteiger partial charge on any atom is 0.410 e. The van der Waals surface area contributed by atoms with Gasteiger partial charge in [0.15, 0.2) is 0 Å². The van der Waals surface area contributed by atoms with Gasteiger partial charge in [-0.2, -0.15) is 5.10 Å². The number of aromatic nitrogens is 2. The van der Waals surface area contributed by atoms with E-state index in [4.69, 9.17) is 4.74 Å². The average Bonchev–Trinajstić information content (AvgIpc) is 2.81. The molecule has 1 saturated heterocycles. The molecule has 1 aliphatic rings. The quantitative estimate of drug-likeness (QED) is 0.900. The first-order valence-electron chi connectivity index (χ1n) is 7.90. The zero-order valence-corrected chi connectivity index (χ0v) is 14.3. The number of hydrogen-bond acceptors (Lipinski definition) is 4. The molecule has 0 unspecified atom stereocenters. The van der Waals surface area contributed by atoms with Gasteiger partial charge in [-0.1, -0.05) is 0 Å². The van der Waals surface area contributed by atoms with E-state index in [1.807, 2.05) is 33.9 Å². The van der Waals surface area contributed by atoms with Crippen LogP contribution in [0.15, 0.2) is 6.20 Å². The predicted octanol–water partition coefficient (Wildman–Crippen LogP) is 2.60. The third-order valence-corrected chi connectivity index (χ3v) is 4.16. The first-order valence-corrected chi connectivity index (χ1v) is 7.90. The normalized spacial score (nSPS) is 18.3. The predicted molar refractivity (Wildman–Crippen MR) is 85.6 cm³/mol. The van der Waals surface area contributed by atoms with Gasteiger partial charge in [0.25, 0.3) is 0 Å². The van der Waals surface area contributed by atoms with Gasteiger partial charge in [-0.15, -0.1) is 0 Å². The van der Waals surface area contributed by atoms with Crippen LogP contribution in [0.2, 0.25) is 0 Å². The number of nitrogens with zero attached hydrogens (tertiary/aromatic N) is 2. The van der Waals surface area contributed by atoms with Crippen LogP contribution in [-0.2, 0) is 11.3 Å². The summed E-state index contributed by atoms with van der Waals surface area (Å²) in [4.78, 5) is 13.9. The lowest BCUT2D eigenvalue weighted by atomic mass is 9.89. The van der Waals surface area contributed by atoms with E-state index in [-0.39, 0.29) is 11.6 Å². The molecule has 124 valence electrons. The van der Waals surface area contributed by atoms with Gasteiger partial charge in [0, 0.05) is 36.4 Å². The van der Waals surface area contributed by atoms with Crippen molar-refractivity contribution in [2.24, 2.45) is 0 Å². The smallest absolute Gasteiger partial charge is 0.410 e. The number of carbonyl (C=O) groups excluding carboxylic acids is 1. The summed E-state index contributed by atoms with van der Waals surface area (Å²) in [6.45, 7) is 12.2. The fourth-order valence-corrected chi connectivity index (χ4v) is 2.55. The SMILES string of the molecule is Cc1[nH]ncc1CNC1(C)CCN(C(=O)OC(C)(C)C)CC1. The van der Waals surface area contributed by atoms with E-state index < -0.39 is 5.60 Å². The lowest BCUT2D eigenvalue weighted by Crippen LogP contribution is -2.53. The molecule has 2 heterocycles. The number of ether oxygens (including phenoxy) is 1. The number of likely N-dealkylation sites (tertiary alicyclic amines) is 1. The van der Waals surface area contributed by atoms with Crippen LogP contribution in [0.3, 0.4) is 0 Å². The summed E-state index contributed by atoms with van der Waals surface area (Å²) in [5, 5.41) is 10.6. The van der Waals surface area contributed by atoms with Crippen LogP contribution in [0.4, 0.5) is 4.79 Å². The van der Waals surface area contributed by atoms with Gasteiger partial charge in [-0.05, 0) is 47.5 Å². The van der Waals surface area contributed by atoms with Gasteiger partial charge in [0.1, 0.15) is 5.60 Å². The van der Waals surface area contributed by atoms with Crippen LogP contribution in [0.5, 0.6) is 0 Å². The van der Waals surface area contributed by atoms with Crippen molar-refractivity contribution in [3.8, 4) is 0 Å². The molecular formula is C16H28N4O2. The second-order valence-corrected chi connectivity index (χ2v) is 7.40. The van der Waals surface area contributed by atoms with Gasteiger partial charge in [0.2, 0.25) is 0 Å². The molecule has 6 nitrogen and oxygen atoms in total. The summed E-state index contributed by atoms with van der Waals surface area (Å²) in [5.74, 6) is 0. The zero-order valence-electron chi connectivity index (χ0n) is 14.3. The van der Waals surface area contributed by atoms with Crippen LogP contribution >= 0.6 is 0 Å². The summed E-state index contributed by atoms with van der Waals surface area (Å²) in [7, 11) is 0. The third-order valence-electron chi connectivity index (χ3n) is 4.16. The molecular weight excluding hydrogens is 280 g/mol. The Balaban J connectivity index is 1.83. The second-order valence-electron chi connectivity index (χ2n) is 7.40. The highest BCUT2D eigenvalue weighted by Crippen LogP contribution is 2.24. The molecule has 0 saturated carbocycles. The summed E-state index contributed by atoms with van der Waals surface area (Å²) in [5.41, 5.74) is 1.90. The van der Waals surface area contributed by atoms with Crippen molar-refractivity contribution in [2.75, 3.05) is 13.1 Å². The number of nitrogens with one attached hydrogen (secondary N) is 2. The van der Waals surface area contributed by atoms with Crippen molar-refractivity contribution in [1.29, 1.82) is 0 Å². The number of carbonyl (C=O) groups is 1. The lowest BCUT2D eigenvalue weighted by molar-refractivity contribution is 0.0157. The van der Waals surface area contributed by atoms with Crippen molar-refractivity contribution >= 4 is 6.09 Å². The maximum atomic E-state index is 12.1.